The van der Waals surface area contributed by atoms with Crippen LogP contribution in [0.4, 0.5) is 24.8 Å². The number of rotatable bonds is 5. The molecular weight excluding hydrogens is 425 g/mol. The van der Waals surface area contributed by atoms with Crippen LogP contribution in [0.15, 0.2) is 28.7 Å². The lowest BCUT2D eigenvalue weighted by molar-refractivity contribution is 0.146. The summed E-state index contributed by atoms with van der Waals surface area (Å²) >= 11 is 3.35. The molecule has 0 radical (unpaired) electrons. The van der Waals surface area contributed by atoms with E-state index in [1.165, 1.54) is 12.1 Å². The van der Waals surface area contributed by atoms with E-state index in [9.17, 15) is 13.2 Å². The number of aryl methyl sites for hydroxylation is 1. The Morgan fingerprint density at radius 3 is 2.48 bits per heavy atom. The molecule has 3 aromatic rings. The smallest absolute Gasteiger partial charge is 0.266 e. The first kappa shape index (κ1) is 19.3. The predicted molar refractivity (Wildman–Crippen MR) is 101 cm³/mol. The molecule has 0 saturated carbocycles. The highest BCUT2D eigenvalue weighted by Crippen LogP contribution is 2.32. The molecule has 0 saturated heterocycles. The van der Waals surface area contributed by atoms with E-state index in [1.54, 1.807) is 19.9 Å². The number of halogens is 4. The zero-order chi connectivity index (χ0) is 19.7. The van der Waals surface area contributed by atoms with E-state index in [0.29, 0.717) is 33.0 Å². The van der Waals surface area contributed by atoms with E-state index in [-0.39, 0.29) is 5.56 Å². The van der Waals surface area contributed by atoms with Crippen LogP contribution in [-0.4, -0.2) is 15.0 Å². The first-order valence-electron chi connectivity index (χ1n) is 7.96. The van der Waals surface area contributed by atoms with Crippen molar-refractivity contribution in [2.45, 2.75) is 26.3 Å². The topological polar surface area (TPSA) is 88.8 Å². The van der Waals surface area contributed by atoms with Gasteiger partial charge in [-0.05, 0) is 35.8 Å². The van der Waals surface area contributed by atoms with Crippen LogP contribution >= 0.6 is 15.9 Å². The SMILES string of the molecule is Cc1nc(N[C@H](C)c2cccc(C(F)F)c2F)c2cc(Br)c(NN)nc2n1. The molecule has 142 valence electrons. The molecule has 2 aromatic heterocycles. The summed E-state index contributed by atoms with van der Waals surface area (Å²) in [6.07, 6.45) is -2.89. The number of pyridine rings is 1. The van der Waals surface area contributed by atoms with Gasteiger partial charge in [0.2, 0.25) is 0 Å². The first-order valence-corrected chi connectivity index (χ1v) is 8.75. The highest BCUT2D eigenvalue weighted by Gasteiger charge is 2.20. The molecule has 1 aromatic carbocycles. The average Bonchev–Trinajstić information content (AvgIpc) is 2.61. The number of nitrogens with zero attached hydrogens (tertiary/aromatic N) is 3. The normalized spacial score (nSPS) is 12.4. The van der Waals surface area contributed by atoms with Crippen molar-refractivity contribution in [2.75, 3.05) is 10.7 Å². The Kier molecular flexibility index (Phi) is 5.47. The minimum atomic E-state index is -2.89. The number of hydrogen-bond acceptors (Lipinski definition) is 6. The summed E-state index contributed by atoms with van der Waals surface area (Å²) in [5.41, 5.74) is 2.33. The summed E-state index contributed by atoms with van der Waals surface area (Å²) in [7, 11) is 0. The maximum Gasteiger partial charge on any atom is 0.266 e. The highest BCUT2D eigenvalue weighted by molar-refractivity contribution is 9.10. The maximum atomic E-state index is 14.4. The Balaban J connectivity index is 2.04. The molecule has 2 heterocycles. The van der Waals surface area contributed by atoms with Gasteiger partial charge in [0, 0.05) is 5.56 Å². The van der Waals surface area contributed by atoms with Gasteiger partial charge in [-0.1, -0.05) is 18.2 Å². The van der Waals surface area contributed by atoms with Crippen LogP contribution < -0.4 is 16.6 Å². The van der Waals surface area contributed by atoms with Crippen molar-refractivity contribution in [1.29, 1.82) is 0 Å². The fraction of sp³-hybridized carbons (Fsp3) is 0.235. The summed E-state index contributed by atoms with van der Waals surface area (Å²) in [6, 6.07) is 5.03. The molecule has 0 aliphatic heterocycles. The third kappa shape index (κ3) is 3.81. The third-order valence-corrected chi connectivity index (χ3v) is 4.61. The number of nitrogens with two attached hydrogens (primary N) is 1. The monoisotopic (exact) mass is 440 g/mol. The van der Waals surface area contributed by atoms with E-state index in [2.05, 4.69) is 41.6 Å². The molecule has 0 aliphatic carbocycles. The van der Waals surface area contributed by atoms with Crippen LogP contribution in [0.2, 0.25) is 0 Å². The molecule has 0 fully saturated rings. The van der Waals surface area contributed by atoms with Crippen LogP contribution in [0.3, 0.4) is 0 Å². The summed E-state index contributed by atoms with van der Waals surface area (Å²) in [6.45, 7) is 3.35. The van der Waals surface area contributed by atoms with E-state index in [1.807, 2.05) is 0 Å². The van der Waals surface area contributed by atoms with Gasteiger partial charge in [0.1, 0.15) is 17.5 Å². The van der Waals surface area contributed by atoms with Crippen molar-refractivity contribution < 1.29 is 13.2 Å². The highest BCUT2D eigenvalue weighted by atomic mass is 79.9. The Morgan fingerprint density at radius 1 is 1.11 bits per heavy atom. The molecule has 0 bridgehead atoms. The summed E-state index contributed by atoms with van der Waals surface area (Å²) in [5.74, 6) is 5.74. The predicted octanol–water partition coefficient (Wildman–Crippen LogP) is 4.63. The van der Waals surface area contributed by atoms with Crippen LogP contribution in [-0.2, 0) is 0 Å². The quantitative estimate of drug-likeness (QED) is 0.395. The largest absolute Gasteiger partial charge is 0.363 e. The molecule has 0 unspecified atom stereocenters. The molecule has 0 amide bonds. The van der Waals surface area contributed by atoms with Crippen molar-refractivity contribution in [3.63, 3.8) is 0 Å². The van der Waals surface area contributed by atoms with Gasteiger partial charge in [0.15, 0.2) is 11.5 Å². The number of hydrogen-bond donors (Lipinski definition) is 3. The van der Waals surface area contributed by atoms with Gasteiger partial charge in [-0.2, -0.15) is 0 Å². The van der Waals surface area contributed by atoms with Crippen LogP contribution in [0.1, 0.15) is 36.3 Å². The minimum Gasteiger partial charge on any atom is -0.363 e. The number of anilines is 2. The van der Waals surface area contributed by atoms with Crippen LogP contribution in [0.5, 0.6) is 0 Å². The van der Waals surface area contributed by atoms with Gasteiger partial charge in [-0.3, -0.25) is 0 Å². The van der Waals surface area contributed by atoms with E-state index in [0.717, 1.165) is 6.07 Å². The summed E-state index contributed by atoms with van der Waals surface area (Å²) in [4.78, 5) is 12.9. The number of benzene rings is 1. The lowest BCUT2D eigenvalue weighted by Crippen LogP contribution is -2.13. The Labute approximate surface area is 161 Å². The Hall–Kier alpha value is -2.46. The van der Waals surface area contributed by atoms with Gasteiger partial charge < -0.3 is 10.7 Å². The first-order chi connectivity index (χ1) is 12.8. The molecule has 4 N–H and O–H groups in total. The van der Waals surface area contributed by atoms with Crippen molar-refractivity contribution in [3.05, 3.63) is 51.5 Å². The molecule has 1 atom stereocenters. The van der Waals surface area contributed by atoms with Gasteiger partial charge in [0.25, 0.3) is 6.43 Å². The standard InChI is InChI=1S/C17H16BrF3N6/c1-7(9-4-3-5-10(13(9)19)14(20)21)23-15-11-6-12(18)17(27-22)26-16(11)25-8(2)24-15/h3-7,14H,22H2,1-2H3,(H2,23,24,25,26,27)/t7-/m1/s1. The van der Waals surface area contributed by atoms with Gasteiger partial charge in [-0.15, -0.1) is 0 Å². The molecular formula is C17H16BrF3N6. The van der Waals surface area contributed by atoms with E-state index >= 15 is 0 Å². The number of aromatic nitrogens is 3. The summed E-state index contributed by atoms with van der Waals surface area (Å²) in [5, 5.41) is 3.64. The number of alkyl halides is 2. The molecule has 10 heteroatoms. The lowest BCUT2D eigenvalue weighted by Gasteiger charge is -2.18. The fourth-order valence-corrected chi connectivity index (χ4v) is 3.14. The summed E-state index contributed by atoms with van der Waals surface area (Å²) < 4.78 is 41.0. The van der Waals surface area contributed by atoms with Gasteiger partial charge in [0.05, 0.1) is 21.5 Å². The number of nitrogens with one attached hydrogen (secondary N) is 2. The van der Waals surface area contributed by atoms with Crippen molar-refractivity contribution >= 4 is 38.6 Å². The van der Waals surface area contributed by atoms with Crippen molar-refractivity contribution in [1.82, 2.24) is 15.0 Å². The average molecular weight is 441 g/mol. The van der Waals surface area contributed by atoms with Crippen LogP contribution in [0.25, 0.3) is 11.0 Å². The second-order valence-corrected chi connectivity index (χ2v) is 6.73. The molecule has 0 aliphatic rings. The minimum absolute atomic E-state index is 0.115. The van der Waals surface area contributed by atoms with E-state index < -0.39 is 23.8 Å². The van der Waals surface area contributed by atoms with Crippen LogP contribution in [0, 0.1) is 12.7 Å². The second kappa shape index (κ2) is 7.65. The molecule has 6 nitrogen and oxygen atoms in total. The number of hydrazine groups is 1. The molecule has 3 rings (SSSR count). The fourth-order valence-electron chi connectivity index (χ4n) is 2.70. The maximum absolute atomic E-state index is 14.4. The van der Waals surface area contributed by atoms with E-state index in [4.69, 9.17) is 5.84 Å². The van der Waals surface area contributed by atoms with Gasteiger partial charge in [-0.25, -0.2) is 34.0 Å². The molecule has 0 spiro atoms. The van der Waals surface area contributed by atoms with Crippen molar-refractivity contribution in [3.8, 4) is 0 Å². The number of fused-ring (bicyclic) bond motifs is 1. The third-order valence-electron chi connectivity index (χ3n) is 4.00. The zero-order valence-corrected chi connectivity index (χ0v) is 16.0. The molecule has 27 heavy (non-hydrogen) atoms. The van der Waals surface area contributed by atoms with Crippen molar-refractivity contribution in [2.24, 2.45) is 5.84 Å². The Morgan fingerprint density at radius 2 is 1.81 bits per heavy atom. The number of nitrogen functional groups attached to an aromatic ring is 1. The lowest BCUT2D eigenvalue weighted by atomic mass is 10.0. The zero-order valence-electron chi connectivity index (χ0n) is 14.4. The Bertz CT molecular complexity index is 998. The van der Waals surface area contributed by atoms with Gasteiger partial charge >= 0.3 is 0 Å². The second-order valence-electron chi connectivity index (χ2n) is 5.87.